The molecule has 0 aliphatic heterocycles. The van der Waals surface area contributed by atoms with Crippen molar-refractivity contribution in [2.75, 3.05) is 0 Å². The molecule has 0 unspecified atom stereocenters. The van der Waals surface area contributed by atoms with E-state index < -0.39 is 6.04 Å². The molecule has 1 aliphatic carbocycles. The molecule has 0 heterocycles. The summed E-state index contributed by atoms with van der Waals surface area (Å²) in [6.07, 6.45) is 5.20. The third kappa shape index (κ3) is 2.48. The SMILES string of the molecule is CC[C@@H](N)C(=O)OC1CCCC1. The van der Waals surface area contributed by atoms with E-state index in [1.807, 2.05) is 6.92 Å². The van der Waals surface area contributed by atoms with Gasteiger partial charge in [0.1, 0.15) is 12.1 Å². The second-order valence-corrected chi connectivity index (χ2v) is 3.36. The van der Waals surface area contributed by atoms with Gasteiger partial charge in [-0.05, 0) is 32.1 Å². The summed E-state index contributed by atoms with van der Waals surface area (Å²) in [6, 6.07) is -0.425. The van der Waals surface area contributed by atoms with Crippen LogP contribution in [0.5, 0.6) is 0 Å². The molecule has 0 saturated heterocycles. The number of hydrogen-bond donors (Lipinski definition) is 1. The lowest BCUT2D eigenvalue weighted by Gasteiger charge is -2.14. The Hall–Kier alpha value is -0.570. The molecule has 0 spiro atoms. The first-order chi connectivity index (χ1) is 5.74. The van der Waals surface area contributed by atoms with Gasteiger partial charge in [-0.15, -0.1) is 0 Å². The van der Waals surface area contributed by atoms with Gasteiger partial charge in [-0.2, -0.15) is 0 Å². The lowest BCUT2D eigenvalue weighted by Crippen LogP contribution is -2.33. The zero-order chi connectivity index (χ0) is 8.97. The Morgan fingerprint density at radius 3 is 2.67 bits per heavy atom. The van der Waals surface area contributed by atoms with Crippen molar-refractivity contribution in [1.82, 2.24) is 0 Å². The van der Waals surface area contributed by atoms with Crippen molar-refractivity contribution in [3.05, 3.63) is 0 Å². The summed E-state index contributed by atoms with van der Waals surface area (Å²) in [6.45, 7) is 1.89. The second-order valence-electron chi connectivity index (χ2n) is 3.36. The van der Waals surface area contributed by atoms with Crippen LogP contribution in [-0.2, 0) is 9.53 Å². The molecule has 0 radical (unpaired) electrons. The molecule has 0 amide bonds. The van der Waals surface area contributed by atoms with Crippen molar-refractivity contribution in [3.63, 3.8) is 0 Å². The molecule has 0 aromatic rings. The zero-order valence-corrected chi connectivity index (χ0v) is 7.58. The standard InChI is InChI=1S/C9H17NO2/c1-2-8(10)9(11)12-7-5-3-4-6-7/h7-8H,2-6,10H2,1H3/t8-/m1/s1. The van der Waals surface area contributed by atoms with Crippen molar-refractivity contribution < 1.29 is 9.53 Å². The van der Waals surface area contributed by atoms with Gasteiger partial charge in [0.05, 0.1) is 0 Å². The number of nitrogens with two attached hydrogens (primary N) is 1. The summed E-state index contributed by atoms with van der Waals surface area (Å²) in [5.74, 6) is -0.232. The van der Waals surface area contributed by atoms with Crippen molar-refractivity contribution in [3.8, 4) is 0 Å². The fraction of sp³-hybridized carbons (Fsp3) is 0.889. The number of hydrogen-bond acceptors (Lipinski definition) is 3. The van der Waals surface area contributed by atoms with Gasteiger partial charge in [0.15, 0.2) is 0 Å². The minimum Gasteiger partial charge on any atom is -0.461 e. The Labute approximate surface area is 73.3 Å². The Bertz CT molecular complexity index is 153. The van der Waals surface area contributed by atoms with E-state index in [2.05, 4.69) is 0 Å². The normalized spacial score (nSPS) is 20.8. The van der Waals surface area contributed by atoms with Crippen LogP contribution in [0.3, 0.4) is 0 Å². The van der Waals surface area contributed by atoms with Crippen LogP contribution in [0.15, 0.2) is 0 Å². The fourth-order valence-corrected chi connectivity index (χ4v) is 1.42. The maximum atomic E-state index is 11.2. The van der Waals surface area contributed by atoms with Gasteiger partial charge in [0, 0.05) is 0 Å². The van der Waals surface area contributed by atoms with Crippen LogP contribution in [-0.4, -0.2) is 18.1 Å². The number of ether oxygens (including phenoxy) is 1. The van der Waals surface area contributed by atoms with Crippen LogP contribution in [0, 0.1) is 0 Å². The largest absolute Gasteiger partial charge is 0.461 e. The molecule has 1 aliphatic rings. The molecule has 1 atom stereocenters. The highest BCUT2D eigenvalue weighted by Crippen LogP contribution is 2.21. The van der Waals surface area contributed by atoms with Crippen LogP contribution in [0.1, 0.15) is 39.0 Å². The van der Waals surface area contributed by atoms with Gasteiger partial charge >= 0.3 is 5.97 Å². The van der Waals surface area contributed by atoms with E-state index in [0.717, 1.165) is 12.8 Å². The number of carbonyl (C=O) groups is 1. The van der Waals surface area contributed by atoms with Crippen molar-refractivity contribution in [1.29, 1.82) is 0 Å². The lowest BCUT2D eigenvalue weighted by atomic mass is 10.2. The minimum absolute atomic E-state index is 0.148. The molecule has 0 aromatic carbocycles. The number of esters is 1. The van der Waals surface area contributed by atoms with Crippen LogP contribution in [0.4, 0.5) is 0 Å². The lowest BCUT2D eigenvalue weighted by molar-refractivity contribution is -0.150. The van der Waals surface area contributed by atoms with E-state index in [-0.39, 0.29) is 12.1 Å². The maximum Gasteiger partial charge on any atom is 0.323 e. The van der Waals surface area contributed by atoms with E-state index in [1.165, 1.54) is 12.8 Å². The van der Waals surface area contributed by atoms with Gasteiger partial charge in [-0.1, -0.05) is 6.92 Å². The monoisotopic (exact) mass is 171 g/mol. The van der Waals surface area contributed by atoms with Crippen LogP contribution in [0.2, 0.25) is 0 Å². The molecule has 1 saturated carbocycles. The number of rotatable bonds is 3. The average Bonchev–Trinajstić information content (AvgIpc) is 2.55. The number of carbonyl (C=O) groups excluding carboxylic acids is 1. The average molecular weight is 171 g/mol. The Balaban J connectivity index is 2.25. The third-order valence-corrected chi connectivity index (χ3v) is 2.33. The highest BCUT2D eigenvalue weighted by molar-refractivity contribution is 5.75. The van der Waals surface area contributed by atoms with Gasteiger partial charge < -0.3 is 10.5 Å². The molecule has 1 rings (SSSR count). The van der Waals surface area contributed by atoms with Crippen LogP contribution >= 0.6 is 0 Å². The Morgan fingerprint density at radius 2 is 2.17 bits per heavy atom. The van der Waals surface area contributed by atoms with Crippen molar-refractivity contribution in [2.45, 2.75) is 51.2 Å². The Kier molecular flexibility index (Phi) is 3.53. The molecular formula is C9H17NO2. The highest BCUT2D eigenvalue weighted by atomic mass is 16.5. The van der Waals surface area contributed by atoms with E-state index >= 15 is 0 Å². The molecule has 12 heavy (non-hydrogen) atoms. The molecule has 0 aromatic heterocycles. The molecule has 1 fully saturated rings. The third-order valence-electron chi connectivity index (χ3n) is 2.33. The van der Waals surface area contributed by atoms with E-state index in [4.69, 9.17) is 10.5 Å². The minimum atomic E-state index is -0.425. The summed E-state index contributed by atoms with van der Waals surface area (Å²) in [5, 5.41) is 0. The molecule has 3 heteroatoms. The first kappa shape index (κ1) is 9.52. The van der Waals surface area contributed by atoms with Crippen molar-refractivity contribution in [2.24, 2.45) is 5.73 Å². The second kappa shape index (κ2) is 4.45. The van der Waals surface area contributed by atoms with E-state index in [1.54, 1.807) is 0 Å². The van der Waals surface area contributed by atoms with Gasteiger partial charge in [0.2, 0.25) is 0 Å². The van der Waals surface area contributed by atoms with Crippen LogP contribution < -0.4 is 5.73 Å². The molecule has 3 nitrogen and oxygen atoms in total. The topological polar surface area (TPSA) is 52.3 Å². The molecule has 0 bridgehead atoms. The Morgan fingerprint density at radius 1 is 1.58 bits per heavy atom. The summed E-state index contributed by atoms with van der Waals surface area (Å²) in [4.78, 5) is 11.2. The van der Waals surface area contributed by atoms with E-state index in [9.17, 15) is 4.79 Å². The van der Waals surface area contributed by atoms with Gasteiger partial charge in [0.25, 0.3) is 0 Å². The summed E-state index contributed by atoms with van der Waals surface area (Å²) in [7, 11) is 0. The predicted molar refractivity (Wildman–Crippen MR) is 46.6 cm³/mol. The van der Waals surface area contributed by atoms with Gasteiger partial charge in [-0.3, -0.25) is 4.79 Å². The van der Waals surface area contributed by atoms with Gasteiger partial charge in [-0.25, -0.2) is 0 Å². The zero-order valence-electron chi connectivity index (χ0n) is 7.58. The van der Waals surface area contributed by atoms with Crippen molar-refractivity contribution >= 4 is 5.97 Å². The highest BCUT2D eigenvalue weighted by Gasteiger charge is 2.21. The first-order valence-corrected chi connectivity index (χ1v) is 4.70. The first-order valence-electron chi connectivity index (χ1n) is 4.70. The summed E-state index contributed by atoms with van der Waals surface area (Å²) >= 11 is 0. The predicted octanol–water partition coefficient (Wildman–Crippen LogP) is 1.21. The molecule has 2 N–H and O–H groups in total. The summed E-state index contributed by atoms with van der Waals surface area (Å²) in [5.41, 5.74) is 5.52. The van der Waals surface area contributed by atoms with E-state index in [0.29, 0.717) is 6.42 Å². The quantitative estimate of drug-likeness (QED) is 0.649. The molecule has 70 valence electrons. The summed E-state index contributed by atoms with van der Waals surface area (Å²) < 4.78 is 5.20. The smallest absolute Gasteiger partial charge is 0.323 e. The molecular weight excluding hydrogens is 154 g/mol. The maximum absolute atomic E-state index is 11.2. The van der Waals surface area contributed by atoms with Crippen LogP contribution in [0.25, 0.3) is 0 Å². The fourth-order valence-electron chi connectivity index (χ4n) is 1.42.